The molecule has 122 valence electrons. The molecule has 6 heteroatoms. The second-order valence-corrected chi connectivity index (χ2v) is 5.72. The molecule has 0 spiro atoms. The van der Waals surface area contributed by atoms with Gasteiger partial charge in [0.05, 0.1) is 4.92 Å². The summed E-state index contributed by atoms with van der Waals surface area (Å²) in [5.41, 5.74) is 3.22. The standard InChI is InChI=1S/C18H16N2O4/c1-10-7-8-13(9-15(10)20(22)23)19-18(21)17-12(3)14-6-4-5-11(2)16(14)24-17/h4-9H,1-3H3,(H,19,21). The van der Waals surface area contributed by atoms with Crippen LogP contribution in [-0.2, 0) is 0 Å². The zero-order valence-electron chi connectivity index (χ0n) is 13.5. The third kappa shape index (κ3) is 2.62. The van der Waals surface area contributed by atoms with Crippen molar-refractivity contribution in [2.75, 3.05) is 5.32 Å². The highest BCUT2D eigenvalue weighted by molar-refractivity contribution is 6.06. The molecule has 1 N–H and O–H groups in total. The number of carbonyl (C=O) groups is 1. The molecule has 0 atom stereocenters. The maximum Gasteiger partial charge on any atom is 0.291 e. The molecule has 0 radical (unpaired) electrons. The number of hydrogen-bond acceptors (Lipinski definition) is 4. The summed E-state index contributed by atoms with van der Waals surface area (Å²) in [5, 5.41) is 14.6. The number of amides is 1. The number of nitrogens with zero attached hydrogens (tertiary/aromatic N) is 1. The average molecular weight is 324 g/mol. The smallest absolute Gasteiger partial charge is 0.291 e. The molecular formula is C18H16N2O4. The molecule has 0 unspecified atom stereocenters. The van der Waals surface area contributed by atoms with Gasteiger partial charge in [0.15, 0.2) is 5.76 Å². The Kier molecular flexibility index (Phi) is 3.81. The van der Waals surface area contributed by atoms with Crippen LogP contribution >= 0.6 is 0 Å². The van der Waals surface area contributed by atoms with E-state index >= 15 is 0 Å². The Labute approximate surface area is 138 Å². The number of hydrogen-bond donors (Lipinski definition) is 1. The molecule has 1 amide bonds. The summed E-state index contributed by atoms with van der Waals surface area (Å²) in [6.45, 7) is 5.38. The van der Waals surface area contributed by atoms with E-state index in [0.29, 0.717) is 16.8 Å². The van der Waals surface area contributed by atoms with Crippen molar-refractivity contribution in [3.05, 3.63) is 69.0 Å². The molecule has 3 aromatic rings. The number of anilines is 1. The fraction of sp³-hybridized carbons (Fsp3) is 0.167. The van der Waals surface area contributed by atoms with Crippen LogP contribution in [0.1, 0.15) is 27.2 Å². The van der Waals surface area contributed by atoms with Crippen LogP contribution in [0.5, 0.6) is 0 Å². The van der Waals surface area contributed by atoms with Crippen LogP contribution in [0.4, 0.5) is 11.4 Å². The van der Waals surface area contributed by atoms with Gasteiger partial charge in [0, 0.05) is 28.3 Å². The largest absolute Gasteiger partial charge is 0.450 e. The van der Waals surface area contributed by atoms with E-state index in [0.717, 1.165) is 16.5 Å². The zero-order chi connectivity index (χ0) is 17.4. The van der Waals surface area contributed by atoms with Gasteiger partial charge in [0.25, 0.3) is 11.6 Å². The molecule has 1 aromatic heterocycles. The summed E-state index contributed by atoms with van der Waals surface area (Å²) in [4.78, 5) is 23.0. The fourth-order valence-electron chi connectivity index (χ4n) is 2.67. The van der Waals surface area contributed by atoms with Gasteiger partial charge in [0.1, 0.15) is 5.58 Å². The molecule has 0 aliphatic heterocycles. The minimum absolute atomic E-state index is 0.0371. The predicted molar refractivity (Wildman–Crippen MR) is 91.5 cm³/mol. The highest BCUT2D eigenvalue weighted by atomic mass is 16.6. The normalized spacial score (nSPS) is 10.8. The van der Waals surface area contributed by atoms with Gasteiger partial charge in [-0.15, -0.1) is 0 Å². The summed E-state index contributed by atoms with van der Waals surface area (Å²) in [7, 11) is 0. The third-order valence-corrected chi connectivity index (χ3v) is 4.03. The van der Waals surface area contributed by atoms with E-state index in [1.165, 1.54) is 6.07 Å². The summed E-state index contributed by atoms with van der Waals surface area (Å²) in [5.74, 6) is -0.219. The van der Waals surface area contributed by atoms with E-state index in [9.17, 15) is 14.9 Å². The van der Waals surface area contributed by atoms with Gasteiger partial charge in [-0.2, -0.15) is 0 Å². The summed E-state index contributed by atoms with van der Waals surface area (Å²) in [6.07, 6.45) is 0. The van der Waals surface area contributed by atoms with Crippen LogP contribution in [0.2, 0.25) is 0 Å². The van der Waals surface area contributed by atoms with E-state index in [2.05, 4.69) is 5.32 Å². The number of fused-ring (bicyclic) bond motifs is 1. The number of nitrogens with one attached hydrogen (secondary N) is 1. The lowest BCUT2D eigenvalue weighted by Gasteiger charge is -2.05. The van der Waals surface area contributed by atoms with Crippen molar-refractivity contribution in [1.29, 1.82) is 0 Å². The van der Waals surface area contributed by atoms with Crippen molar-refractivity contribution in [3.63, 3.8) is 0 Å². The molecule has 0 aliphatic carbocycles. The monoisotopic (exact) mass is 324 g/mol. The second kappa shape index (κ2) is 5.81. The van der Waals surface area contributed by atoms with Gasteiger partial charge in [-0.1, -0.05) is 24.3 Å². The van der Waals surface area contributed by atoms with E-state index < -0.39 is 10.8 Å². The number of nitro benzene ring substituents is 1. The molecule has 0 saturated heterocycles. The highest BCUT2D eigenvalue weighted by Crippen LogP contribution is 2.29. The number of rotatable bonds is 3. The highest BCUT2D eigenvalue weighted by Gasteiger charge is 2.19. The molecule has 0 saturated carbocycles. The second-order valence-electron chi connectivity index (χ2n) is 5.72. The minimum atomic E-state index is -0.471. The van der Waals surface area contributed by atoms with Crippen molar-refractivity contribution in [2.45, 2.75) is 20.8 Å². The van der Waals surface area contributed by atoms with Crippen LogP contribution < -0.4 is 5.32 Å². The number of aryl methyl sites for hydroxylation is 3. The van der Waals surface area contributed by atoms with Crippen LogP contribution in [0.25, 0.3) is 11.0 Å². The van der Waals surface area contributed by atoms with Crippen molar-refractivity contribution >= 4 is 28.3 Å². The third-order valence-electron chi connectivity index (χ3n) is 4.03. The first-order valence-electron chi connectivity index (χ1n) is 7.43. The Balaban J connectivity index is 1.96. The molecular weight excluding hydrogens is 308 g/mol. The van der Waals surface area contributed by atoms with Gasteiger partial charge < -0.3 is 9.73 Å². The summed E-state index contributed by atoms with van der Waals surface area (Å²) in [6, 6.07) is 10.3. The Bertz CT molecular complexity index is 973. The minimum Gasteiger partial charge on any atom is -0.450 e. The van der Waals surface area contributed by atoms with Crippen molar-refractivity contribution in [2.24, 2.45) is 0 Å². The van der Waals surface area contributed by atoms with Crippen LogP contribution in [0.15, 0.2) is 40.8 Å². The lowest BCUT2D eigenvalue weighted by Crippen LogP contribution is -2.12. The van der Waals surface area contributed by atoms with Crippen molar-refractivity contribution in [1.82, 2.24) is 0 Å². The predicted octanol–water partition coefficient (Wildman–Crippen LogP) is 4.52. The topological polar surface area (TPSA) is 85.4 Å². The maximum absolute atomic E-state index is 12.5. The summed E-state index contributed by atoms with van der Waals surface area (Å²) < 4.78 is 5.72. The molecule has 2 aromatic carbocycles. The van der Waals surface area contributed by atoms with E-state index in [1.807, 2.05) is 32.0 Å². The lowest BCUT2D eigenvalue weighted by atomic mass is 10.1. The fourth-order valence-corrected chi connectivity index (χ4v) is 2.67. The Morgan fingerprint density at radius 2 is 1.88 bits per heavy atom. The van der Waals surface area contributed by atoms with Crippen LogP contribution in [-0.4, -0.2) is 10.8 Å². The van der Waals surface area contributed by atoms with Gasteiger partial charge in [-0.05, 0) is 32.4 Å². The number of carbonyl (C=O) groups excluding carboxylic acids is 1. The summed E-state index contributed by atoms with van der Waals surface area (Å²) >= 11 is 0. The molecule has 0 bridgehead atoms. The number of furan rings is 1. The molecule has 0 aliphatic rings. The maximum atomic E-state index is 12.5. The zero-order valence-corrected chi connectivity index (χ0v) is 13.5. The molecule has 0 fully saturated rings. The first-order valence-corrected chi connectivity index (χ1v) is 7.43. The Hall–Kier alpha value is -3.15. The Morgan fingerprint density at radius 3 is 2.54 bits per heavy atom. The van der Waals surface area contributed by atoms with Crippen LogP contribution in [0.3, 0.4) is 0 Å². The number of benzene rings is 2. The Morgan fingerprint density at radius 1 is 1.12 bits per heavy atom. The first kappa shape index (κ1) is 15.7. The van der Waals surface area contributed by atoms with Gasteiger partial charge in [0.2, 0.25) is 0 Å². The van der Waals surface area contributed by atoms with Crippen molar-refractivity contribution in [3.8, 4) is 0 Å². The SMILES string of the molecule is Cc1ccc(NC(=O)c2oc3c(C)cccc3c2C)cc1[N+](=O)[O-]. The quantitative estimate of drug-likeness (QED) is 0.567. The van der Waals surface area contributed by atoms with Crippen LogP contribution in [0, 0.1) is 30.9 Å². The van der Waals surface area contributed by atoms with E-state index in [1.54, 1.807) is 19.1 Å². The van der Waals surface area contributed by atoms with Gasteiger partial charge >= 0.3 is 0 Å². The van der Waals surface area contributed by atoms with E-state index in [-0.39, 0.29) is 11.4 Å². The number of para-hydroxylation sites is 1. The lowest BCUT2D eigenvalue weighted by molar-refractivity contribution is -0.385. The number of nitro groups is 1. The molecule has 6 nitrogen and oxygen atoms in total. The van der Waals surface area contributed by atoms with Crippen molar-refractivity contribution < 1.29 is 14.1 Å². The molecule has 24 heavy (non-hydrogen) atoms. The molecule has 1 heterocycles. The van der Waals surface area contributed by atoms with E-state index in [4.69, 9.17) is 4.42 Å². The first-order chi connectivity index (χ1) is 11.4. The van der Waals surface area contributed by atoms with Gasteiger partial charge in [-0.3, -0.25) is 14.9 Å². The van der Waals surface area contributed by atoms with Gasteiger partial charge in [-0.25, -0.2) is 0 Å². The average Bonchev–Trinajstić information content (AvgIpc) is 2.88. The molecule has 3 rings (SSSR count).